The average Bonchev–Trinajstić information content (AvgIpc) is 3.10. The summed E-state index contributed by atoms with van der Waals surface area (Å²) in [5, 5.41) is 34.7. The zero-order valence-electron chi connectivity index (χ0n) is 34.9. The summed E-state index contributed by atoms with van der Waals surface area (Å²) in [5.41, 5.74) is -3.98. The Hall–Kier alpha value is -1.30. The fourth-order valence-corrected chi connectivity index (χ4v) is 9.01. The van der Waals surface area contributed by atoms with Crippen LogP contribution in [0.15, 0.2) is 0 Å². The van der Waals surface area contributed by atoms with Crippen molar-refractivity contribution in [3.05, 3.63) is 0 Å². The van der Waals surface area contributed by atoms with Gasteiger partial charge in [-0.25, -0.2) is 0 Å². The van der Waals surface area contributed by atoms with Crippen LogP contribution in [0.4, 0.5) is 0 Å². The fraction of sp³-hybridized carbons (Fsp3) is 0.949. The van der Waals surface area contributed by atoms with E-state index in [0.717, 1.165) is 0 Å². The molecule has 0 aromatic rings. The number of ketones is 1. The summed E-state index contributed by atoms with van der Waals surface area (Å²) in [6, 6.07) is -0.272. The first-order valence-corrected chi connectivity index (χ1v) is 19.3. The van der Waals surface area contributed by atoms with Gasteiger partial charge in [-0.15, -0.1) is 0 Å². The molecular weight excluding hydrogens is 690 g/mol. The van der Waals surface area contributed by atoms with Crippen LogP contribution in [0.3, 0.4) is 0 Å². The number of Topliss-reactive ketones (excluding diaryl/α,β-unsaturated/α-hetero) is 1. The number of nitrogens with zero attached hydrogens (tertiary/aromatic N) is 1. The Bertz CT molecular complexity index is 1200. The Labute approximate surface area is 317 Å². The number of rotatable bonds is 9. The Morgan fingerprint density at radius 2 is 1.43 bits per heavy atom. The summed E-state index contributed by atoms with van der Waals surface area (Å²) < 4.78 is 50.3. The van der Waals surface area contributed by atoms with Crippen molar-refractivity contribution in [3.63, 3.8) is 0 Å². The van der Waals surface area contributed by atoms with Crippen LogP contribution in [0, 0.1) is 23.7 Å². The van der Waals surface area contributed by atoms with Crippen LogP contribution >= 0.6 is 0 Å². The van der Waals surface area contributed by atoms with Gasteiger partial charge in [-0.1, -0.05) is 27.7 Å². The third-order valence-corrected chi connectivity index (χ3v) is 12.5. The van der Waals surface area contributed by atoms with E-state index in [1.165, 1.54) is 14.0 Å². The van der Waals surface area contributed by atoms with E-state index >= 15 is 0 Å². The maximum Gasteiger partial charge on any atom is 0.311 e. The van der Waals surface area contributed by atoms with Crippen LogP contribution < -0.4 is 0 Å². The molecule has 0 radical (unpaired) electrons. The lowest BCUT2D eigenvalue weighted by atomic mass is 9.74. The smallest absolute Gasteiger partial charge is 0.311 e. The molecule has 3 aliphatic rings. The van der Waals surface area contributed by atoms with Crippen molar-refractivity contribution in [2.45, 2.75) is 179 Å². The molecule has 0 saturated carbocycles. The highest BCUT2D eigenvalue weighted by atomic mass is 16.7. The highest BCUT2D eigenvalue weighted by molar-refractivity contribution is 5.83. The predicted molar refractivity (Wildman–Crippen MR) is 196 cm³/mol. The summed E-state index contributed by atoms with van der Waals surface area (Å²) in [7, 11) is 8.50. The number of aliphatic hydroxyl groups is 3. The number of ether oxygens (including phenoxy) is 8. The van der Waals surface area contributed by atoms with Gasteiger partial charge in [-0.3, -0.25) is 9.59 Å². The van der Waals surface area contributed by atoms with Crippen LogP contribution in [0.25, 0.3) is 0 Å². The third kappa shape index (κ3) is 9.81. The summed E-state index contributed by atoms with van der Waals surface area (Å²) >= 11 is 0. The first kappa shape index (κ1) is 46.1. The van der Waals surface area contributed by atoms with Crippen LogP contribution in [0.2, 0.25) is 0 Å². The molecule has 14 heteroatoms. The molecule has 0 unspecified atom stereocenters. The van der Waals surface area contributed by atoms with Crippen molar-refractivity contribution < 1.29 is 62.8 Å². The number of likely N-dealkylation sites (N-methyl/N-ethyl adjacent to an activating group) is 1. The van der Waals surface area contributed by atoms with Crippen molar-refractivity contribution in [2.24, 2.45) is 23.7 Å². The van der Waals surface area contributed by atoms with Crippen molar-refractivity contribution in [3.8, 4) is 0 Å². The standard InChI is InChI=1S/C39H71NO13/c1-16-27-39(10,45)32(43)22(4)29(41)20(2)18-37(8,47-14)33(53-36-30(42)26(40(11)12)17-21(3)49-36)23(5)31(24(6)35(44)51-27)52-28-19-38(9,48-15)34(46-13)25(7)50-28/h20-28,30-34,36,42-43,45H,16-19H2,1-15H3/t20-,21-,22+,23+,24-,25+,26+,27-,28+,30-,31+,32-,33-,34+,36+,37-,38-,39-/m1/s1. The molecule has 0 aliphatic carbocycles. The second-order valence-corrected chi connectivity index (χ2v) is 16.8. The van der Waals surface area contributed by atoms with Crippen LogP contribution in [0.1, 0.15) is 94.9 Å². The molecule has 3 N–H and O–H groups in total. The normalized spacial score (nSPS) is 48.3. The van der Waals surface area contributed by atoms with Gasteiger partial charge in [0.2, 0.25) is 0 Å². The topological polar surface area (TPSA) is 172 Å². The SMILES string of the molecule is CC[C@H]1OC(=O)[C@H](C)[C@@H](O[C@H]2C[C@@](C)(OC)[C@@H](OC)[C@H](C)O2)[C@H](C)[C@@H](O[C@@H]2O[C@H](C)C[C@H](N(C)C)[C@H]2O)[C@](C)(OC)C[C@@H](C)C(=O)[C@H](C)[C@@H](O)[C@]1(C)O. The third-order valence-electron chi connectivity index (χ3n) is 12.5. The predicted octanol–water partition coefficient (Wildman–Crippen LogP) is 3.09. The Kier molecular flexibility index (Phi) is 15.9. The number of cyclic esters (lactones) is 1. The largest absolute Gasteiger partial charge is 0.459 e. The van der Waals surface area contributed by atoms with E-state index in [1.807, 2.05) is 53.6 Å². The van der Waals surface area contributed by atoms with Crippen molar-refractivity contribution in [2.75, 3.05) is 35.4 Å². The number of aliphatic hydroxyl groups excluding tert-OH is 2. The lowest BCUT2D eigenvalue weighted by molar-refractivity contribution is -0.320. The molecule has 53 heavy (non-hydrogen) atoms. The molecule has 310 valence electrons. The summed E-state index contributed by atoms with van der Waals surface area (Å²) in [5.74, 6) is -4.34. The molecule has 14 nitrogen and oxygen atoms in total. The zero-order chi connectivity index (χ0) is 40.4. The maximum absolute atomic E-state index is 14.2. The molecule has 0 amide bonds. The number of carbonyl (C=O) groups is 2. The molecule has 3 heterocycles. The number of carbonyl (C=O) groups excluding carboxylic acids is 2. The minimum absolute atomic E-state index is 0.128. The van der Waals surface area contributed by atoms with Gasteiger partial charge in [0.05, 0.1) is 47.6 Å². The summed E-state index contributed by atoms with van der Waals surface area (Å²) in [6.45, 7) is 17.5. The molecule has 0 aromatic heterocycles. The monoisotopic (exact) mass is 761 g/mol. The zero-order valence-corrected chi connectivity index (χ0v) is 34.9. The molecule has 3 aliphatic heterocycles. The van der Waals surface area contributed by atoms with E-state index in [-0.39, 0.29) is 37.2 Å². The van der Waals surface area contributed by atoms with Gasteiger partial charge in [0.15, 0.2) is 12.6 Å². The van der Waals surface area contributed by atoms with Gasteiger partial charge in [-0.05, 0) is 74.9 Å². The highest BCUT2D eigenvalue weighted by Crippen LogP contribution is 2.42. The minimum atomic E-state index is -1.95. The number of hydrogen-bond donors (Lipinski definition) is 3. The van der Waals surface area contributed by atoms with Gasteiger partial charge in [-0.2, -0.15) is 0 Å². The van der Waals surface area contributed by atoms with Crippen molar-refractivity contribution >= 4 is 11.8 Å². The summed E-state index contributed by atoms with van der Waals surface area (Å²) in [4.78, 5) is 30.2. The maximum atomic E-state index is 14.2. The van der Waals surface area contributed by atoms with E-state index in [9.17, 15) is 24.9 Å². The first-order chi connectivity index (χ1) is 24.5. The Balaban J connectivity index is 2.23. The molecule has 0 aromatic carbocycles. The number of hydrogen-bond acceptors (Lipinski definition) is 14. The van der Waals surface area contributed by atoms with Crippen LogP contribution in [-0.4, -0.2) is 152 Å². The second kappa shape index (κ2) is 18.3. The van der Waals surface area contributed by atoms with Gasteiger partial charge in [0.1, 0.15) is 29.7 Å². The second-order valence-electron chi connectivity index (χ2n) is 16.8. The molecule has 3 fully saturated rings. The Morgan fingerprint density at radius 1 is 0.849 bits per heavy atom. The van der Waals surface area contributed by atoms with Gasteiger partial charge >= 0.3 is 5.97 Å². The molecule has 3 rings (SSSR count). The van der Waals surface area contributed by atoms with Gasteiger partial charge in [0, 0.05) is 51.5 Å². The van der Waals surface area contributed by atoms with Gasteiger partial charge < -0.3 is 58.1 Å². The lowest BCUT2D eigenvalue weighted by Gasteiger charge is -2.50. The summed E-state index contributed by atoms with van der Waals surface area (Å²) in [6.07, 6.45) is -7.55. The highest BCUT2D eigenvalue weighted by Gasteiger charge is 2.54. The van der Waals surface area contributed by atoms with E-state index in [4.69, 9.17) is 37.9 Å². The molecule has 3 saturated heterocycles. The van der Waals surface area contributed by atoms with E-state index in [0.29, 0.717) is 6.42 Å². The van der Waals surface area contributed by atoms with E-state index in [2.05, 4.69) is 0 Å². The molecule has 0 bridgehead atoms. The fourth-order valence-electron chi connectivity index (χ4n) is 9.01. The molecular formula is C39H71NO13. The lowest BCUT2D eigenvalue weighted by Crippen LogP contribution is -2.61. The number of methoxy groups -OCH3 is 3. The first-order valence-electron chi connectivity index (χ1n) is 19.3. The quantitative estimate of drug-likeness (QED) is 0.293. The molecule has 0 spiro atoms. The van der Waals surface area contributed by atoms with Crippen LogP contribution in [-0.2, 0) is 47.5 Å². The van der Waals surface area contributed by atoms with Crippen molar-refractivity contribution in [1.82, 2.24) is 4.90 Å². The van der Waals surface area contributed by atoms with Crippen molar-refractivity contribution in [1.29, 1.82) is 0 Å². The van der Waals surface area contributed by atoms with E-state index in [1.54, 1.807) is 41.9 Å². The van der Waals surface area contributed by atoms with Crippen LogP contribution in [0.5, 0.6) is 0 Å². The average molecular weight is 762 g/mol. The van der Waals surface area contributed by atoms with Gasteiger partial charge in [0.25, 0.3) is 0 Å². The molecule has 18 atom stereocenters. The number of esters is 1. The van der Waals surface area contributed by atoms with E-state index < -0.39 is 102 Å². The Morgan fingerprint density at radius 3 is 1.96 bits per heavy atom. The minimum Gasteiger partial charge on any atom is -0.459 e.